The minimum atomic E-state index is 0.0851. The lowest BCUT2D eigenvalue weighted by molar-refractivity contribution is 0.111. The Hall–Kier alpha value is 0.960. The van der Waals surface area contributed by atoms with Gasteiger partial charge in [0.05, 0.1) is 11.4 Å². The Labute approximate surface area is 241 Å². The van der Waals surface area contributed by atoms with Crippen molar-refractivity contribution in [3.8, 4) is 0 Å². The van der Waals surface area contributed by atoms with Crippen molar-refractivity contribution in [1.82, 2.24) is 15.0 Å². The number of alkyl halides is 2. The summed E-state index contributed by atoms with van der Waals surface area (Å²) in [5.74, 6) is 0. The quantitative estimate of drug-likeness (QED) is 0.146. The molecule has 0 saturated carbocycles. The minimum absolute atomic E-state index is 0.0851. The molecule has 0 aromatic carbocycles. The Morgan fingerprint density at radius 2 is 1.17 bits per heavy atom. The minimum Gasteiger partial charge on any atom is -0.296 e. The topological polar surface area (TPSA) is 55.7 Å². The Bertz CT molecular complexity index is 1000. The van der Waals surface area contributed by atoms with Gasteiger partial charge in [0.25, 0.3) is 0 Å². The van der Waals surface area contributed by atoms with Crippen LogP contribution in [0.2, 0.25) is 0 Å². The molecule has 0 aliphatic rings. The van der Waals surface area contributed by atoms with Crippen molar-refractivity contribution in [2.24, 2.45) is 0 Å². The number of hydrogen-bond donors (Lipinski definition) is 0. The maximum Gasteiger partial charge on any atom is 0.169 e. The van der Waals surface area contributed by atoms with Crippen LogP contribution in [0.1, 0.15) is 25.6 Å². The normalized spacial score (nSPS) is 9.93. The molecule has 0 amide bonds. The van der Waals surface area contributed by atoms with Crippen LogP contribution in [0.5, 0.6) is 0 Å². The van der Waals surface area contributed by atoms with E-state index in [2.05, 4.69) is 142 Å². The van der Waals surface area contributed by atoms with Gasteiger partial charge in [-0.3, -0.25) is 4.79 Å². The molecule has 0 spiro atoms. The van der Waals surface area contributed by atoms with E-state index in [4.69, 9.17) is 0 Å². The maximum atomic E-state index is 10.3. The summed E-state index contributed by atoms with van der Waals surface area (Å²) in [4.78, 5) is 22.6. The smallest absolute Gasteiger partial charge is 0.169 e. The first-order valence-electron chi connectivity index (χ1n) is 7.71. The summed E-state index contributed by atoms with van der Waals surface area (Å²) in [6.45, 7) is 1.95. The summed E-state index contributed by atoms with van der Waals surface area (Å²) in [5, 5.41) is 0. The molecule has 0 bridgehead atoms. The van der Waals surface area contributed by atoms with Crippen molar-refractivity contribution in [1.29, 1.82) is 0 Å². The van der Waals surface area contributed by atoms with E-state index in [1.807, 2.05) is 31.2 Å². The molecule has 0 saturated heterocycles. The molecule has 4 nitrogen and oxygen atoms in total. The standard InChI is InChI=1S/C6H3Br4N.C6H3Br2NO.C6H5Br2N/c7-3-1-2-4(8)11-5(3)6(9)10;7-4-1-2-6(8)9-5(4)3-10;1-4-5(7)2-3-6(8)9-4/h1-2,6H;1-3H;2-3H,1H3. The average Bonchev–Trinajstić information content (AvgIpc) is 2.69. The number of halogens is 8. The summed E-state index contributed by atoms with van der Waals surface area (Å²) in [6.07, 6.45) is 0.703. The van der Waals surface area contributed by atoms with Crippen molar-refractivity contribution in [3.63, 3.8) is 0 Å². The number of aldehydes is 1. The van der Waals surface area contributed by atoms with Gasteiger partial charge in [-0.1, -0.05) is 31.9 Å². The van der Waals surface area contributed by atoms with E-state index in [0.29, 0.717) is 21.1 Å². The Kier molecular flexibility index (Phi) is 14.5. The van der Waals surface area contributed by atoms with Gasteiger partial charge >= 0.3 is 0 Å². The van der Waals surface area contributed by atoms with E-state index in [9.17, 15) is 4.79 Å². The van der Waals surface area contributed by atoms with Crippen LogP contribution in [0, 0.1) is 6.92 Å². The van der Waals surface area contributed by atoms with E-state index < -0.39 is 0 Å². The molecular formula is C18H11Br8N3O. The zero-order valence-electron chi connectivity index (χ0n) is 14.9. The van der Waals surface area contributed by atoms with Gasteiger partial charge in [-0.2, -0.15) is 0 Å². The predicted molar refractivity (Wildman–Crippen MR) is 150 cm³/mol. The highest BCUT2D eigenvalue weighted by atomic mass is 79.9. The van der Waals surface area contributed by atoms with Crippen molar-refractivity contribution < 1.29 is 4.79 Å². The van der Waals surface area contributed by atoms with Crippen molar-refractivity contribution in [3.05, 3.63) is 80.7 Å². The van der Waals surface area contributed by atoms with Crippen molar-refractivity contribution >= 4 is 134 Å². The third-order valence-electron chi connectivity index (χ3n) is 2.98. The molecule has 0 N–H and O–H groups in total. The first-order valence-corrected chi connectivity index (χ1v) is 14.3. The van der Waals surface area contributed by atoms with Crippen LogP contribution in [-0.2, 0) is 0 Å². The third-order valence-corrected chi connectivity index (χ3v) is 7.36. The Morgan fingerprint density at radius 1 is 0.700 bits per heavy atom. The highest BCUT2D eigenvalue weighted by Gasteiger charge is 2.08. The van der Waals surface area contributed by atoms with Crippen LogP contribution in [0.25, 0.3) is 0 Å². The average molecular weight is 925 g/mol. The summed E-state index contributed by atoms with van der Waals surface area (Å²) in [5.41, 5.74) is 2.35. The number of carbonyl (C=O) groups is 1. The summed E-state index contributed by atoms with van der Waals surface area (Å²) in [7, 11) is 0. The number of aryl methyl sites for hydroxylation is 1. The number of nitrogens with zero attached hydrogens (tertiary/aromatic N) is 3. The molecule has 0 aliphatic heterocycles. The number of pyridine rings is 3. The fourth-order valence-corrected chi connectivity index (χ4v) is 4.96. The first kappa shape index (κ1) is 29.0. The molecule has 12 heteroatoms. The van der Waals surface area contributed by atoms with Gasteiger partial charge in [-0.15, -0.1) is 0 Å². The van der Waals surface area contributed by atoms with Gasteiger partial charge in [-0.25, -0.2) is 15.0 Å². The summed E-state index contributed by atoms with van der Waals surface area (Å²) in [6, 6.07) is 11.2. The van der Waals surface area contributed by atoms with Gasteiger partial charge in [0.15, 0.2) is 6.29 Å². The third kappa shape index (κ3) is 10.7. The second-order valence-electron chi connectivity index (χ2n) is 5.12. The zero-order chi connectivity index (χ0) is 22.8. The molecule has 0 fully saturated rings. The van der Waals surface area contributed by atoms with Crippen LogP contribution in [0.15, 0.2) is 63.6 Å². The zero-order valence-corrected chi connectivity index (χ0v) is 27.6. The monoisotopic (exact) mass is 916 g/mol. The highest BCUT2D eigenvalue weighted by molar-refractivity contribution is 9.24. The van der Waals surface area contributed by atoms with E-state index in [1.165, 1.54) is 0 Å². The SMILES string of the molecule is Brc1ccc(Br)c(C(Br)Br)n1.Cc1nc(Br)ccc1Br.O=Cc1nc(Br)ccc1Br. The van der Waals surface area contributed by atoms with E-state index in [0.717, 1.165) is 29.5 Å². The summed E-state index contributed by atoms with van der Waals surface area (Å²) < 4.78 is 5.21. The van der Waals surface area contributed by atoms with Gasteiger partial charge in [0.2, 0.25) is 0 Å². The fraction of sp³-hybridized carbons (Fsp3) is 0.111. The molecule has 3 heterocycles. The molecule has 3 aromatic heterocycles. The summed E-state index contributed by atoms with van der Waals surface area (Å²) >= 11 is 26.4. The van der Waals surface area contributed by atoms with Gasteiger partial charge in [-0.05, 0) is 139 Å². The van der Waals surface area contributed by atoms with Crippen LogP contribution < -0.4 is 0 Å². The van der Waals surface area contributed by atoms with Crippen molar-refractivity contribution in [2.45, 2.75) is 10.7 Å². The van der Waals surface area contributed by atoms with Crippen LogP contribution in [-0.4, -0.2) is 21.2 Å². The van der Waals surface area contributed by atoms with E-state index in [-0.39, 0.29) is 3.74 Å². The van der Waals surface area contributed by atoms with Gasteiger partial charge in [0.1, 0.15) is 23.2 Å². The number of carbonyl (C=O) groups excluding carboxylic acids is 1. The second-order valence-corrected chi connectivity index (χ2v) is 13.2. The molecule has 160 valence electrons. The van der Waals surface area contributed by atoms with E-state index in [1.54, 1.807) is 12.1 Å². The Balaban J connectivity index is 0.000000226. The molecule has 3 rings (SSSR count). The Morgan fingerprint density at radius 3 is 1.57 bits per heavy atom. The predicted octanol–water partition coefficient (Wildman–Crippen LogP) is 9.73. The molecular weight excluding hydrogens is 913 g/mol. The maximum absolute atomic E-state index is 10.3. The number of rotatable bonds is 2. The molecule has 3 aromatic rings. The fourth-order valence-electron chi connectivity index (χ4n) is 1.62. The van der Waals surface area contributed by atoms with Gasteiger partial charge < -0.3 is 0 Å². The van der Waals surface area contributed by atoms with Crippen molar-refractivity contribution in [2.75, 3.05) is 0 Å². The number of aromatic nitrogens is 3. The lowest BCUT2D eigenvalue weighted by Gasteiger charge is -2.03. The number of hydrogen-bond acceptors (Lipinski definition) is 4. The molecule has 0 unspecified atom stereocenters. The van der Waals surface area contributed by atoms with E-state index >= 15 is 0 Å². The molecule has 0 radical (unpaired) electrons. The lowest BCUT2D eigenvalue weighted by Crippen LogP contribution is -1.88. The molecule has 0 aliphatic carbocycles. The molecule has 0 atom stereocenters. The molecule has 30 heavy (non-hydrogen) atoms. The highest BCUT2D eigenvalue weighted by Crippen LogP contribution is 2.33. The largest absolute Gasteiger partial charge is 0.296 e. The van der Waals surface area contributed by atoms with Gasteiger partial charge in [0, 0.05) is 13.4 Å². The second kappa shape index (κ2) is 15.0. The van der Waals surface area contributed by atoms with Crippen LogP contribution in [0.3, 0.4) is 0 Å². The lowest BCUT2D eigenvalue weighted by atomic mass is 10.4. The van der Waals surface area contributed by atoms with Crippen LogP contribution in [0.4, 0.5) is 0 Å². The first-order chi connectivity index (χ1) is 14.0. The van der Waals surface area contributed by atoms with Crippen LogP contribution >= 0.6 is 127 Å².